The molecular formula is C12H15N3O. The number of aliphatic hydroxyl groups excluding tert-OH is 1. The summed E-state index contributed by atoms with van der Waals surface area (Å²) in [5, 5.41) is 14.1. The van der Waals surface area contributed by atoms with E-state index in [0.717, 1.165) is 17.8 Å². The Morgan fingerprint density at radius 2 is 2.25 bits per heavy atom. The highest BCUT2D eigenvalue weighted by atomic mass is 16.3. The summed E-state index contributed by atoms with van der Waals surface area (Å²) in [5.74, 6) is 0. The van der Waals surface area contributed by atoms with Gasteiger partial charge in [-0.2, -0.15) is 5.10 Å². The van der Waals surface area contributed by atoms with Crippen LogP contribution in [0.2, 0.25) is 0 Å². The van der Waals surface area contributed by atoms with Gasteiger partial charge in [0.05, 0.1) is 11.8 Å². The highest BCUT2D eigenvalue weighted by Gasteiger charge is 2.10. The Labute approximate surface area is 94.6 Å². The molecule has 0 aliphatic heterocycles. The second kappa shape index (κ2) is 4.90. The third-order valence-corrected chi connectivity index (χ3v) is 2.48. The summed E-state index contributed by atoms with van der Waals surface area (Å²) >= 11 is 0. The van der Waals surface area contributed by atoms with Crippen LogP contribution in [0.5, 0.6) is 0 Å². The van der Waals surface area contributed by atoms with Crippen LogP contribution in [0.25, 0.3) is 0 Å². The van der Waals surface area contributed by atoms with E-state index in [9.17, 15) is 5.11 Å². The van der Waals surface area contributed by atoms with Crippen LogP contribution < -0.4 is 0 Å². The molecule has 2 rings (SSSR count). The molecule has 0 aromatic carbocycles. The number of pyridine rings is 1. The fourth-order valence-electron chi connectivity index (χ4n) is 1.59. The molecule has 2 aromatic heterocycles. The molecule has 0 aliphatic rings. The lowest BCUT2D eigenvalue weighted by Crippen LogP contribution is -2.02. The van der Waals surface area contributed by atoms with Gasteiger partial charge in [0.2, 0.25) is 0 Å². The fourth-order valence-corrected chi connectivity index (χ4v) is 1.59. The number of aryl methyl sites for hydroxylation is 2. The van der Waals surface area contributed by atoms with Crippen molar-refractivity contribution in [3.05, 3.63) is 48.0 Å². The maximum Gasteiger partial charge on any atom is 0.0982 e. The molecule has 4 heteroatoms. The summed E-state index contributed by atoms with van der Waals surface area (Å²) in [6.07, 6.45) is 4.50. The van der Waals surface area contributed by atoms with E-state index in [4.69, 9.17) is 0 Å². The summed E-state index contributed by atoms with van der Waals surface area (Å²) in [6, 6.07) is 7.64. The Morgan fingerprint density at radius 1 is 1.38 bits per heavy atom. The predicted octanol–water partition coefficient (Wildman–Crippen LogP) is 1.48. The van der Waals surface area contributed by atoms with Gasteiger partial charge in [-0.25, -0.2) is 0 Å². The van der Waals surface area contributed by atoms with E-state index < -0.39 is 6.10 Å². The van der Waals surface area contributed by atoms with Gasteiger partial charge in [-0.1, -0.05) is 6.07 Å². The van der Waals surface area contributed by atoms with Gasteiger partial charge in [-0.05, 0) is 31.0 Å². The number of aliphatic hydroxyl groups is 1. The molecule has 0 saturated carbocycles. The smallest absolute Gasteiger partial charge is 0.0982 e. The molecule has 0 radical (unpaired) electrons. The number of hydrogen-bond acceptors (Lipinski definition) is 3. The normalized spacial score (nSPS) is 12.6. The van der Waals surface area contributed by atoms with E-state index in [1.165, 1.54) is 0 Å². The Morgan fingerprint density at radius 3 is 2.88 bits per heavy atom. The molecule has 0 amide bonds. The first kappa shape index (κ1) is 10.8. The molecule has 2 aromatic rings. The van der Waals surface area contributed by atoms with Crippen LogP contribution in [-0.4, -0.2) is 19.9 Å². The van der Waals surface area contributed by atoms with Crippen LogP contribution in [0, 0.1) is 0 Å². The van der Waals surface area contributed by atoms with Crippen molar-refractivity contribution in [2.75, 3.05) is 0 Å². The fraction of sp³-hybridized carbons (Fsp3) is 0.333. The zero-order chi connectivity index (χ0) is 11.4. The van der Waals surface area contributed by atoms with E-state index in [1.807, 2.05) is 37.5 Å². The minimum Gasteiger partial charge on any atom is -0.387 e. The molecule has 16 heavy (non-hydrogen) atoms. The third-order valence-electron chi connectivity index (χ3n) is 2.48. The van der Waals surface area contributed by atoms with E-state index in [2.05, 4.69) is 10.1 Å². The first-order chi connectivity index (χ1) is 7.75. The van der Waals surface area contributed by atoms with Crippen LogP contribution in [-0.2, 0) is 13.5 Å². The Bertz CT molecular complexity index is 439. The summed E-state index contributed by atoms with van der Waals surface area (Å²) in [7, 11) is 1.84. The minimum atomic E-state index is -0.511. The van der Waals surface area contributed by atoms with Crippen LogP contribution in [0.4, 0.5) is 0 Å². The molecule has 0 spiro atoms. The second-order valence-corrected chi connectivity index (χ2v) is 3.79. The number of nitrogens with zero attached hydrogens (tertiary/aromatic N) is 3. The third kappa shape index (κ3) is 2.67. The molecular weight excluding hydrogens is 202 g/mol. The van der Waals surface area contributed by atoms with Gasteiger partial charge < -0.3 is 5.11 Å². The topological polar surface area (TPSA) is 50.9 Å². The van der Waals surface area contributed by atoms with Crippen molar-refractivity contribution < 1.29 is 5.11 Å². The molecule has 84 valence electrons. The average molecular weight is 217 g/mol. The summed E-state index contributed by atoms with van der Waals surface area (Å²) < 4.78 is 1.69. The predicted molar refractivity (Wildman–Crippen MR) is 60.7 cm³/mol. The van der Waals surface area contributed by atoms with Crippen molar-refractivity contribution in [1.29, 1.82) is 0 Å². The lowest BCUT2D eigenvalue weighted by atomic mass is 10.1. The number of hydrogen-bond donors (Lipinski definition) is 1. The van der Waals surface area contributed by atoms with Crippen molar-refractivity contribution in [1.82, 2.24) is 14.8 Å². The standard InChI is InChI=1S/C12H15N3O/c1-15-9-7-11(14-15)12(16)6-5-10-4-2-3-8-13-10/h2-4,7-9,12,16H,5-6H2,1H3. The van der Waals surface area contributed by atoms with Crippen molar-refractivity contribution in [3.8, 4) is 0 Å². The zero-order valence-electron chi connectivity index (χ0n) is 9.24. The highest BCUT2D eigenvalue weighted by molar-refractivity contribution is 5.06. The molecule has 0 fully saturated rings. The monoisotopic (exact) mass is 217 g/mol. The Kier molecular flexibility index (Phi) is 3.31. The first-order valence-corrected chi connectivity index (χ1v) is 5.33. The summed E-state index contributed by atoms with van der Waals surface area (Å²) in [4.78, 5) is 4.21. The number of rotatable bonds is 4. The lowest BCUT2D eigenvalue weighted by molar-refractivity contribution is 0.162. The highest BCUT2D eigenvalue weighted by Crippen LogP contribution is 2.15. The van der Waals surface area contributed by atoms with Gasteiger partial charge in [-0.15, -0.1) is 0 Å². The summed E-state index contributed by atoms with van der Waals surface area (Å²) in [6.45, 7) is 0. The Hall–Kier alpha value is -1.68. The minimum absolute atomic E-state index is 0.511. The first-order valence-electron chi connectivity index (χ1n) is 5.33. The molecule has 1 unspecified atom stereocenters. The number of aromatic nitrogens is 3. The molecule has 0 bridgehead atoms. The van der Waals surface area contributed by atoms with Crippen LogP contribution in [0.1, 0.15) is 23.9 Å². The molecule has 2 heterocycles. The maximum atomic E-state index is 9.89. The van der Waals surface area contributed by atoms with Crippen molar-refractivity contribution >= 4 is 0 Å². The summed E-state index contributed by atoms with van der Waals surface area (Å²) in [5.41, 5.74) is 1.72. The second-order valence-electron chi connectivity index (χ2n) is 3.79. The SMILES string of the molecule is Cn1ccc(C(O)CCc2ccccn2)n1. The van der Waals surface area contributed by atoms with Crippen LogP contribution in [0.3, 0.4) is 0 Å². The van der Waals surface area contributed by atoms with Gasteiger partial charge in [0.15, 0.2) is 0 Å². The van der Waals surface area contributed by atoms with Crippen molar-refractivity contribution in [2.45, 2.75) is 18.9 Å². The molecule has 4 nitrogen and oxygen atoms in total. The van der Waals surface area contributed by atoms with Crippen molar-refractivity contribution in [3.63, 3.8) is 0 Å². The van der Waals surface area contributed by atoms with Gasteiger partial charge in [-0.3, -0.25) is 9.67 Å². The van der Waals surface area contributed by atoms with Gasteiger partial charge >= 0.3 is 0 Å². The Balaban J connectivity index is 1.91. The van der Waals surface area contributed by atoms with E-state index in [-0.39, 0.29) is 0 Å². The van der Waals surface area contributed by atoms with Gasteiger partial charge in [0.25, 0.3) is 0 Å². The molecule has 1 N–H and O–H groups in total. The van der Waals surface area contributed by atoms with Crippen LogP contribution in [0.15, 0.2) is 36.7 Å². The molecule has 0 saturated heterocycles. The quantitative estimate of drug-likeness (QED) is 0.844. The zero-order valence-corrected chi connectivity index (χ0v) is 9.24. The maximum absolute atomic E-state index is 9.89. The van der Waals surface area contributed by atoms with E-state index in [1.54, 1.807) is 10.9 Å². The van der Waals surface area contributed by atoms with E-state index >= 15 is 0 Å². The largest absolute Gasteiger partial charge is 0.387 e. The van der Waals surface area contributed by atoms with Gasteiger partial charge in [0.1, 0.15) is 0 Å². The molecule has 1 atom stereocenters. The van der Waals surface area contributed by atoms with Crippen LogP contribution >= 0.6 is 0 Å². The lowest BCUT2D eigenvalue weighted by Gasteiger charge is -2.06. The average Bonchev–Trinajstić information content (AvgIpc) is 2.74. The molecule has 0 aliphatic carbocycles. The van der Waals surface area contributed by atoms with Crippen molar-refractivity contribution in [2.24, 2.45) is 7.05 Å². The van der Waals surface area contributed by atoms with Gasteiger partial charge in [0, 0.05) is 25.1 Å². The van der Waals surface area contributed by atoms with E-state index in [0.29, 0.717) is 6.42 Å².